The van der Waals surface area contributed by atoms with Crippen LogP contribution >= 0.6 is 0 Å². The fourth-order valence-corrected chi connectivity index (χ4v) is 3.09. The zero-order valence-electron chi connectivity index (χ0n) is 12.5. The van der Waals surface area contributed by atoms with E-state index >= 15 is 0 Å². The number of fused-ring (bicyclic) bond motifs is 1. The molecule has 2 heterocycles. The molecule has 0 radical (unpaired) electrons. The van der Waals surface area contributed by atoms with Crippen LogP contribution in [0.5, 0.6) is 0 Å². The number of amidine groups is 1. The summed E-state index contributed by atoms with van der Waals surface area (Å²) in [5, 5.41) is 4.57. The number of hydrogen-bond donors (Lipinski definition) is 3. The fraction of sp³-hybridized carbons (Fsp3) is 0.211. The predicted octanol–water partition coefficient (Wildman–Crippen LogP) is 3.71. The second-order valence-corrected chi connectivity index (χ2v) is 5.67. The molecule has 4 rings (SSSR count). The van der Waals surface area contributed by atoms with Crippen molar-refractivity contribution in [2.24, 2.45) is 4.99 Å². The lowest BCUT2D eigenvalue weighted by Crippen LogP contribution is -2.19. The molecule has 118 valence electrons. The molecule has 0 atom stereocenters. The number of aromatic nitrogens is 1. The Bertz CT molecular complexity index is 890. The van der Waals surface area contributed by atoms with Crippen LogP contribution in [0.3, 0.4) is 0 Å². The number of aliphatic imine (C=N–C) groups is 1. The van der Waals surface area contributed by atoms with E-state index in [1.165, 1.54) is 16.5 Å². The number of aryl methyl sites for hydroxylation is 1. The standard InChI is InChI=1S/C18H18N4.CH4/c1-11-17(18-20-7-8-21-18)15-10-13(5-6-16(15)22-11)12-3-2-4-14(19)9-12;/h2-6,9-10,22H,7-8,19H2,1H3,(H,20,21);1H4. The molecule has 0 fully saturated rings. The molecule has 3 aromatic rings. The van der Waals surface area contributed by atoms with Crippen molar-refractivity contribution in [1.29, 1.82) is 0 Å². The van der Waals surface area contributed by atoms with Gasteiger partial charge in [0.1, 0.15) is 5.84 Å². The molecule has 4 nitrogen and oxygen atoms in total. The molecule has 0 bridgehead atoms. The Hall–Kier alpha value is -2.75. The van der Waals surface area contributed by atoms with Crippen LogP contribution in [0, 0.1) is 6.92 Å². The lowest BCUT2D eigenvalue weighted by Gasteiger charge is -2.06. The summed E-state index contributed by atoms with van der Waals surface area (Å²) in [6.45, 7) is 3.85. The Balaban J connectivity index is 0.00000156. The summed E-state index contributed by atoms with van der Waals surface area (Å²) >= 11 is 0. The van der Waals surface area contributed by atoms with Crippen LogP contribution < -0.4 is 11.1 Å². The average Bonchev–Trinajstić information content (AvgIpc) is 3.12. The lowest BCUT2D eigenvalue weighted by atomic mass is 10.0. The Morgan fingerprint density at radius 3 is 2.65 bits per heavy atom. The average molecular weight is 306 g/mol. The SMILES string of the molecule is C.Cc1[nH]c2ccc(-c3cccc(N)c3)cc2c1C1=NCCN1. The van der Waals surface area contributed by atoms with Crippen molar-refractivity contribution in [3.63, 3.8) is 0 Å². The summed E-state index contributed by atoms with van der Waals surface area (Å²) in [5.41, 5.74) is 12.4. The second kappa shape index (κ2) is 5.80. The Morgan fingerprint density at radius 1 is 1.09 bits per heavy atom. The van der Waals surface area contributed by atoms with Gasteiger partial charge in [0, 0.05) is 34.4 Å². The van der Waals surface area contributed by atoms with E-state index in [0.717, 1.165) is 41.4 Å². The summed E-state index contributed by atoms with van der Waals surface area (Å²) < 4.78 is 0. The van der Waals surface area contributed by atoms with Crippen molar-refractivity contribution < 1.29 is 0 Å². The Kier molecular flexibility index (Phi) is 3.82. The minimum absolute atomic E-state index is 0. The molecule has 1 aliphatic rings. The number of H-pyrrole nitrogens is 1. The summed E-state index contributed by atoms with van der Waals surface area (Å²) in [7, 11) is 0. The summed E-state index contributed by atoms with van der Waals surface area (Å²) in [6, 6.07) is 14.5. The van der Waals surface area contributed by atoms with Gasteiger partial charge in [-0.15, -0.1) is 0 Å². The zero-order chi connectivity index (χ0) is 15.1. The quantitative estimate of drug-likeness (QED) is 0.632. The third-order valence-electron chi connectivity index (χ3n) is 4.12. The molecular weight excluding hydrogens is 284 g/mol. The van der Waals surface area contributed by atoms with Gasteiger partial charge in [0.15, 0.2) is 0 Å². The van der Waals surface area contributed by atoms with E-state index in [9.17, 15) is 0 Å². The monoisotopic (exact) mass is 306 g/mol. The van der Waals surface area contributed by atoms with Crippen molar-refractivity contribution in [3.8, 4) is 11.1 Å². The van der Waals surface area contributed by atoms with E-state index in [1.54, 1.807) is 0 Å². The number of hydrogen-bond acceptors (Lipinski definition) is 3. The molecule has 23 heavy (non-hydrogen) atoms. The number of nitrogens with two attached hydrogens (primary N) is 1. The van der Waals surface area contributed by atoms with Gasteiger partial charge >= 0.3 is 0 Å². The lowest BCUT2D eigenvalue weighted by molar-refractivity contribution is 0.960. The molecule has 4 heteroatoms. The Morgan fingerprint density at radius 2 is 1.91 bits per heavy atom. The normalized spacial score (nSPS) is 13.5. The smallest absolute Gasteiger partial charge is 0.130 e. The van der Waals surface area contributed by atoms with Gasteiger partial charge in [0.25, 0.3) is 0 Å². The third-order valence-corrected chi connectivity index (χ3v) is 4.12. The minimum Gasteiger partial charge on any atom is -0.399 e. The minimum atomic E-state index is 0. The number of nitrogens with zero attached hydrogens (tertiary/aromatic N) is 1. The molecule has 0 spiro atoms. The summed E-state index contributed by atoms with van der Waals surface area (Å²) in [6.07, 6.45) is 0. The summed E-state index contributed by atoms with van der Waals surface area (Å²) in [4.78, 5) is 8.02. The van der Waals surface area contributed by atoms with Gasteiger partial charge in [0.2, 0.25) is 0 Å². The highest BCUT2D eigenvalue weighted by Crippen LogP contribution is 2.29. The number of anilines is 1. The number of aromatic amines is 1. The maximum Gasteiger partial charge on any atom is 0.130 e. The van der Waals surface area contributed by atoms with Gasteiger partial charge in [-0.25, -0.2) is 0 Å². The van der Waals surface area contributed by atoms with Crippen molar-refractivity contribution in [3.05, 3.63) is 53.7 Å². The summed E-state index contributed by atoms with van der Waals surface area (Å²) in [5.74, 6) is 0.994. The first-order valence-electron chi connectivity index (χ1n) is 7.49. The van der Waals surface area contributed by atoms with Crippen LogP contribution in [0.4, 0.5) is 5.69 Å². The van der Waals surface area contributed by atoms with Crippen LogP contribution in [0.15, 0.2) is 47.5 Å². The molecule has 1 aromatic heterocycles. The van der Waals surface area contributed by atoms with Crippen LogP contribution in [0.2, 0.25) is 0 Å². The molecule has 1 aliphatic heterocycles. The number of benzene rings is 2. The molecule has 0 aliphatic carbocycles. The van der Waals surface area contributed by atoms with Crippen LogP contribution in [-0.4, -0.2) is 23.9 Å². The fourth-order valence-electron chi connectivity index (χ4n) is 3.09. The van der Waals surface area contributed by atoms with Crippen molar-refractivity contribution in [1.82, 2.24) is 10.3 Å². The molecular formula is C19H22N4. The van der Waals surface area contributed by atoms with E-state index < -0.39 is 0 Å². The highest BCUT2D eigenvalue weighted by Gasteiger charge is 2.17. The van der Waals surface area contributed by atoms with Crippen molar-refractivity contribution >= 4 is 22.4 Å². The van der Waals surface area contributed by atoms with E-state index in [1.807, 2.05) is 18.2 Å². The maximum absolute atomic E-state index is 5.91. The molecule has 0 saturated heterocycles. The largest absolute Gasteiger partial charge is 0.399 e. The van der Waals surface area contributed by atoms with Gasteiger partial charge in [-0.3, -0.25) is 4.99 Å². The molecule has 2 aromatic carbocycles. The highest BCUT2D eigenvalue weighted by molar-refractivity contribution is 6.12. The zero-order valence-corrected chi connectivity index (χ0v) is 12.5. The van der Waals surface area contributed by atoms with Gasteiger partial charge < -0.3 is 16.0 Å². The first kappa shape index (κ1) is 15.2. The molecule has 0 amide bonds. The van der Waals surface area contributed by atoms with Crippen molar-refractivity contribution in [2.75, 3.05) is 18.8 Å². The van der Waals surface area contributed by atoms with Crippen LogP contribution in [0.1, 0.15) is 18.7 Å². The van der Waals surface area contributed by atoms with E-state index in [4.69, 9.17) is 5.73 Å². The number of nitrogen functional groups attached to an aromatic ring is 1. The number of nitrogens with one attached hydrogen (secondary N) is 2. The van der Waals surface area contributed by atoms with Crippen molar-refractivity contribution in [2.45, 2.75) is 14.4 Å². The van der Waals surface area contributed by atoms with Gasteiger partial charge in [-0.1, -0.05) is 25.6 Å². The van der Waals surface area contributed by atoms with E-state index in [0.29, 0.717) is 0 Å². The van der Waals surface area contributed by atoms with E-state index in [2.05, 4.69) is 46.5 Å². The number of rotatable bonds is 2. The van der Waals surface area contributed by atoms with Crippen LogP contribution in [0.25, 0.3) is 22.0 Å². The first-order chi connectivity index (χ1) is 10.7. The predicted molar refractivity (Wildman–Crippen MR) is 99.0 cm³/mol. The highest BCUT2D eigenvalue weighted by atomic mass is 15.1. The van der Waals surface area contributed by atoms with Gasteiger partial charge in [-0.05, 0) is 42.3 Å². The van der Waals surface area contributed by atoms with Crippen LogP contribution in [-0.2, 0) is 0 Å². The van der Waals surface area contributed by atoms with E-state index in [-0.39, 0.29) is 7.43 Å². The Labute approximate surface area is 136 Å². The molecule has 0 saturated carbocycles. The second-order valence-electron chi connectivity index (χ2n) is 5.67. The first-order valence-corrected chi connectivity index (χ1v) is 7.49. The molecule has 0 unspecified atom stereocenters. The van der Waals surface area contributed by atoms with Gasteiger partial charge in [-0.2, -0.15) is 0 Å². The maximum atomic E-state index is 5.91. The van der Waals surface area contributed by atoms with Gasteiger partial charge in [0.05, 0.1) is 6.54 Å². The third kappa shape index (κ3) is 2.57. The molecule has 4 N–H and O–H groups in total. The topological polar surface area (TPSA) is 66.2 Å².